The van der Waals surface area contributed by atoms with Crippen molar-refractivity contribution < 1.29 is 14.3 Å². The van der Waals surface area contributed by atoms with E-state index in [2.05, 4.69) is 30.9 Å². The largest absolute Gasteiger partial charge is 0.496 e. The van der Waals surface area contributed by atoms with E-state index in [1.54, 1.807) is 26.4 Å². The van der Waals surface area contributed by atoms with Gasteiger partial charge in [0.1, 0.15) is 11.5 Å². The molecular weight excluding hydrogens is 338 g/mol. The molecule has 4 nitrogen and oxygen atoms in total. The first-order valence-electron chi connectivity index (χ1n) is 9.09. The van der Waals surface area contributed by atoms with Crippen LogP contribution in [-0.4, -0.2) is 33.1 Å². The Morgan fingerprint density at radius 3 is 1.96 bits per heavy atom. The van der Waals surface area contributed by atoms with Gasteiger partial charge in [-0.15, -0.1) is 0 Å². The molecule has 0 atom stereocenters. The normalized spacial score (nSPS) is 11.1. The average Bonchev–Trinajstić information content (AvgIpc) is 2.72. The molecule has 0 amide bonds. The molecule has 0 saturated heterocycles. The maximum atomic E-state index is 12.2. The molecule has 0 fully saturated rings. The fourth-order valence-electron chi connectivity index (χ4n) is 2.83. The van der Waals surface area contributed by atoms with Crippen LogP contribution in [-0.2, 0) is 4.79 Å². The Morgan fingerprint density at radius 1 is 0.889 bits per heavy atom. The number of carbonyl (C=O) groups is 1. The first-order chi connectivity index (χ1) is 13.1. The number of hydrogen-bond donors (Lipinski definition) is 0. The number of benzene rings is 2. The highest BCUT2D eigenvalue weighted by atomic mass is 16.5. The summed E-state index contributed by atoms with van der Waals surface area (Å²) in [5.41, 5.74) is 2.92. The Kier molecular flexibility index (Phi) is 7.68. The smallest absolute Gasteiger partial charge is 0.178 e. The minimum absolute atomic E-state index is 0.101. The Hall–Kier alpha value is -3.01. The Labute approximate surface area is 161 Å². The summed E-state index contributed by atoms with van der Waals surface area (Å²) in [6.07, 6.45) is 6.61. The van der Waals surface area contributed by atoms with Gasteiger partial charge in [0.05, 0.1) is 19.8 Å². The Balaban J connectivity index is 2.08. The SMILES string of the molecule is CCN(CC)c1ccc(/C=C/C(=O)/C=C/c2c(OC)cccc2OC)cc1. The van der Waals surface area contributed by atoms with Gasteiger partial charge in [0.25, 0.3) is 0 Å². The molecule has 2 aromatic rings. The molecule has 0 aliphatic rings. The van der Waals surface area contributed by atoms with Crippen molar-refractivity contribution in [2.75, 3.05) is 32.2 Å². The lowest BCUT2D eigenvalue weighted by Gasteiger charge is -2.20. The highest BCUT2D eigenvalue weighted by Gasteiger charge is 2.06. The van der Waals surface area contributed by atoms with Gasteiger partial charge in [-0.05, 0) is 61.9 Å². The average molecular weight is 365 g/mol. The van der Waals surface area contributed by atoms with Crippen molar-refractivity contribution in [1.82, 2.24) is 0 Å². The van der Waals surface area contributed by atoms with Crippen LogP contribution in [0.1, 0.15) is 25.0 Å². The van der Waals surface area contributed by atoms with E-state index in [0.717, 1.165) is 24.2 Å². The zero-order chi connectivity index (χ0) is 19.6. The van der Waals surface area contributed by atoms with Gasteiger partial charge in [-0.25, -0.2) is 0 Å². The first-order valence-corrected chi connectivity index (χ1v) is 9.09. The second kappa shape index (κ2) is 10.2. The van der Waals surface area contributed by atoms with E-state index in [1.807, 2.05) is 36.4 Å². The molecule has 2 rings (SSSR count). The van der Waals surface area contributed by atoms with Crippen molar-refractivity contribution in [2.24, 2.45) is 0 Å². The Bertz CT molecular complexity index is 781. The minimum atomic E-state index is -0.101. The highest BCUT2D eigenvalue weighted by Crippen LogP contribution is 2.29. The van der Waals surface area contributed by atoms with Crippen LogP contribution in [0, 0.1) is 0 Å². The van der Waals surface area contributed by atoms with Crippen molar-refractivity contribution in [1.29, 1.82) is 0 Å². The van der Waals surface area contributed by atoms with Crippen LogP contribution in [0.4, 0.5) is 5.69 Å². The van der Waals surface area contributed by atoms with E-state index in [4.69, 9.17) is 9.47 Å². The molecule has 2 aromatic carbocycles. The number of nitrogens with zero attached hydrogens (tertiary/aromatic N) is 1. The van der Waals surface area contributed by atoms with Crippen molar-refractivity contribution in [3.63, 3.8) is 0 Å². The van der Waals surface area contributed by atoms with Crippen molar-refractivity contribution >= 4 is 23.6 Å². The van der Waals surface area contributed by atoms with Gasteiger partial charge >= 0.3 is 0 Å². The van der Waals surface area contributed by atoms with Gasteiger partial charge in [0.15, 0.2) is 5.78 Å². The molecule has 0 radical (unpaired) electrons. The van der Waals surface area contributed by atoms with E-state index in [0.29, 0.717) is 11.5 Å². The molecule has 0 aliphatic carbocycles. The topological polar surface area (TPSA) is 38.8 Å². The number of hydrogen-bond acceptors (Lipinski definition) is 4. The number of carbonyl (C=O) groups excluding carboxylic acids is 1. The predicted octanol–water partition coefficient (Wildman–Crippen LogP) is 4.85. The predicted molar refractivity (Wildman–Crippen MR) is 113 cm³/mol. The maximum absolute atomic E-state index is 12.2. The third-order valence-electron chi connectivity index (χ3n) is 4.34. The van der Waals surface area contributed by atoms with Crippen LogP contribution in [0.25, 0.3) is 12.2 Å². The fourth-order valence-corrected chi connectivity index (χ4v) is 2.83. The van der Waals surface area contributed by atoms with Gasteiger partial charge in [0.2, 0.25) is 0 Å². The summed E-state index contributed by atoms with van der Waals surface area (Å²) in [4.78, 5) is 14.5. The van der Waals surface area contributed by atoms with Gasteiger partial charge in [-0.3, -0.25) is 4.79 Å². The summed E-state index contributed by atoms with van der Waals surface area (Å²) in [6, 6.07) is 13.7. The summed E-state index contributed by atoms with van der Waals surface area (Å²) in [6.45, 7) is 6.22. The molecule has 0 bridgehead atoms. The zero-order valence-corrected chi connectivity index (χ0v) is 16.4. The van der Waals surface area contributed by atoms with Crippen LogP contribution in [0.2, 0.25) is 0 Å². The molecular formula is C23H27NO3. The van der Waals surface area contributed by atoms with Gasteiger partial charge in [0, 0.05) is 18.8 Å². The summed E-state index contributed by atoms with van der Waals surface area (Å²) >= 11 is 0. The minimum Gasteiger partial charge on any atom is -0.496 e. The van der Waals surface area contributed by atoms with E-state index in [-0.39, 0.29) is 5.78 Å². The maximum Gasteiger partial charge on any atom is 0.178 e. The monoisotopic (exact) mass is 365 g/mol. The van der Waals surface area contributed by atoms with E-state index in [1.165, 1.54) is 11.8 Å². The summed E-state index contributed by atoms with van der Waals surface area (Å²) < 4.78 is 10.7. The molecule has 142 valence electrons. The van der Waals surface area contributed by atoms with Crippen LogP contribution in [0.5, 0.6) is 11.5 Å². The number of ketones is 1. The van der Waals surface area contributed by atoms with Crippen LogP contribution < -0.4 is 14.4 Å². The first kappa shape index (κ1) is 20.3. The number of rotatable bonds is 9. The molecule has 0 heterocycles. The van der Waals surface area contributed by atoms with Gasteiger partial charge in [-0.1, -0.05) is 24.3 Å². The van der Waals surface area contributed by atoms with Gasteiger partial charge in [-0.2, -0.15) is 0 Å². The number of allylic oxidation sites excluding steroid dienone is 2. The number of ether oxygens (including phenoxy) is 2. The van der Waals surface area contributed by atoms with Crippen molar-refractivity contribution in [3.8, 4) is 11.5 Å². The molecule has 0 aromatic heterocycles. The summed E-state index contributed by atoms with van der Waals surface area (Å²) in [5.74, 6) is 1.22. The molecule has 0 unspecified atom stereocenters. The third-order valence-corrected chi connectivity index (χ3v) is 4.34. The van der Waals surface area contributed by atoms with Crippen LogP contribution in [0.15, 0.2) is 54.6 Å². The highest BCUT2D eigenvalue weighted by molar-refractivity contribution is 6.04. The fraction of sp³-hybridized carbons (Fsp3) is 0.261. The van der Waals surface area contributed by atoms with E-state index < -0.39 is 0 Å². The molecule has 0 N–H and O–H groups in total. The van der Waals surface area contributed by atoms with Gasteiger partial charge < -0.3 is 14.4 Å². The third kappa shape index (κ3) is 5.48. The summed E-state index contributed by atoms with van der Waals surface area (Å²) in [5, 5.41) is 0. The molecule has 4 heteroatoms. The standard InChI is InChI=1S/C23H27NO3/c1-5-24(6-2)19-13-10-18(11-14-19)12-15-20(25)16-17-21-22(26-3)8-7-9-23(21)27-4/h7-17H,5-6H2,1-4H3/b15-12+,17-16+. The molecule has 0 aliphatic heterocycles. The van der Waals surface area contributed by atoms with Crippen molar-refractivity contribution in [2.45, 2.75) is 13.8 Å². The Morgan fingerprint density at radius 2 is 1.44 bits per heavy atom. The second-order valence-corrected chi connectivity index (χ2v) is 5.91. The summed E-state index contributed by atoms with van der Waals surface area (Å²) in [7, 11) is 3.19. The van der Waals surface area contributed by atoms with Crippen LogP contribution in [0.3, 0.4) is 0 Å². The lowest BCUT2D eigenvalue weighted by atomic mass is 10.1. The number of anilines is 1. The zero-order valence-electron chi connectivity index (χ0n) is 16.4. The second-order valence-electron chi connectivity index (χ2n) is 5.91. The molecule has 0 saturated carbocycles. The quantitative estimate of drug-likeness (QED) is 0.596. The lowest BCUT2D eigenvalue weighted by Crippen LogP contribution is -2.21. The van der Waals surface area contributed by atoms with Crippen LogP contribution >= 0.6 is 0 Å². The number of methoxy groups -OCH3 is 2. The van der Waals surface area contributed by atoms with E-state index >= 15 is 0 Å². The molecule has 27 heavy (non-hydrogen) atoms. The molecule has 0 spiro atoms. The lowest BCUT2D eigenvalue weighted by molar-refractivity contribution is -0.110. The van der Waals surface area contributed by atoms with E-state index in [9.17, 15) is 4.79 Å². The van der Waals surface area contributed by atoms with Crippen molar-refractivity contribution in [3.05, 3.63) is 65.7 Å².